The Morgan fingerprint density at radius 2 is 2.12 bits per heavy atom. The SMILES string of the molecule is O=C(O)CCCN1C(=O)C(CCc2ccc3c(n2)NCCC3)C1NC(=O)OCC1CCC1. The molecule has 0 spiro atoms. The molecule has 9 nitrogen and oxygen atoms in total. The van der Waals surface area contributed by atoms with Crippen LogP contribution in [0.3, 0.4) is 0 Å². The minimum absolute atomic E-state index is 0.0145. The molecule has 0 radical (unpaired) electrons. The number of nitrogens with zero attached hydrogens (tertiary/aromatic N) is 2. The Morgan fingerprint density at radius 1 is 1.28 bits per heavy atom. The minimum atomic E-state index is -0.897. The molecule has 3 N–H and O–H groups in total. The summed E-state index contributed by atoms with van der Waals surface area (Å²) in [6.07, 6.45) is 6.02. The molecular weight excluding hydrogens is 412 g/mol. The van der Waals surface area contributed by atoms with E-state index in [0.717, 1.165) is 43.7 Å². The molecule has 174 valence electrons. The average Bonchev–Trinajstić information content (AvgIpc) is 2.75. The molecule has 32 heavy (non-hydrogen) atoms. The van der Waals surface area contributed by atoms with Crippen molar-refractivity contribution in [3.05, 3.63) is 23.4 Å². The summed E-state index contributed by atoms with van der Waals surface area (Å²) in [6, 6.07) is 4.10. The normalized spacial score (nSPS) is 22.2. The third-order valence-electron chi connectivity index (χ3n) is 6.71. The number of hydrogen-bond donors (Lipinski definition) is 3. The highest BCUT2D eigenvalue weighted by Crippen LogP contribution is 2.31. The van der Waals surface area contributed by atoms with Crippen LogP contribution in [-0.4, -0.2) is 58.8 Å². The summed E-state index contributed by atoms with van der Waals surface area (Å²) < 4.78 is 5.35. The van der Waals surface area contributed by atoms with E-state index in [1.54, 1.807) is 4.90 Å². The van der Waals surface area contributed by atoms with Gasteiger partial charge in [0.15, 0.2) is 0 Å². The van der Waals surface area contributed by atoms with Gasteiger partial charge >= 0.3 is 12.1 Å². The van der Waals surface area contributed by atoms with E-state index in [2.05, 4.69) is 16.7 Å². The van der Waals surface area contributed by atoms with Crippen molar-refractivity contribution in [1.29, 1.82) is 0 Å². The summed E-state index contributed by atoms with van der Waals surface area (Å²) in [6.45, 7) is 1.63. The van der Waals surface area contributed by atoms with Gasteiger partial charge in [0.05, 0.1) is 12.5 Å². The number of ether oxygens (including phenoxy) is 1. The van der Waals surface area contributed by atoms with Crippen LogP contribution in [0.2, 0.25) is 0 Å². The monoisotopic (exact) mass is 444 g/mol. The first-order valence-corrected chi connectivity index (χ1v) is 11.7. The van der Waals surface area contributed by atoms with E-state index >= 15 is 0 Å². The first kappa shape index (κ1) is 22.4. The largest absolute Gasteiger partial charge is 0.481 e. The summed E-state index contributed by atoms with van der Waals surface area (Å²) in [7, 11) is 0. The summed E-state index contributed by atoms with van der Waals surface area (Å²) >= 11 is 0. The molecule has 1 saturated carbocycles. The van der Waals surface area contributed by atoms with E-state index in [9.17, 15) is 14.4 Å². The number of rotatable bonds is 10. The smallest absolute Gasteiger partial charge is 0.408 e. The quantitative estimate of drug-likeness (QED) is 0.474. The van der Waals surface area contributed by atoms with Gasteiger partial charge in [0.25, 0.3) is 0 Å². The lowest BCUT2D eigenvalue weighted by molar-refractivity contribution is -0.159. The van der Waals surface area contributed by atoms with E-state index in [4.69, 9.17) is 14.8 Å². The number of anilines is 1. The lowest BCUT2D eigenvalue weighted by Gasteiger charge is -2.47. The number of pyridine rings is 1. The van der Waals surface area contributed by atoms with Gasteiger partial charge in [-0.1, -0.05) is 12.5 Å². The Bertz CT molecular complexity index is 857. The number of aromatic nitrogens is 1. The van der Waals surface area contributed by atoms with Gasteiger partial charge in [0.1, 0.15) is 12.0 Å². The number of aliphatic carboxylic acids is 1. The summed E-state index contributed by atoms with van der Waals surface area (Å²) in [5, 5.41) is 15.1. The number of fused-ring (bicyclic) bond motifs is 1. The molecule has 9 heteroatoms. The maximum atomic E-state index is 12.8. The van der Waals surface area contributed by atoms with Gasteiger partial charge in [-0.05, 0) is 62.5 Å². The van der Waals surface area contributed by atoms with Gasteiger partial charge in [-0.25, -0.2) is 9.78 Å². The molecule has 3 aliphatic rings. The minimum Gasteiger partial charge on any atom is -0.481 e. The molecule has 1 aromatic rings. The van der Waals surface area contributed by atoms with Crippen LogP contribution in [0.15, 0.2) is 12.1 Å². The third kappa shape index (κ3) is 5.31. The highest BCUT2D eigenvalue weighted by atomic mass is 16.5. The van der Waals surface area contributed by atoms with Crippen LogP contribution >= 0.6 is 0 Å². The molecule has 2 atom stereocenters. The number of hydrogen-bond acceptors (Lipinski definition) is 6. The highest BCUT2D eigenvalue weighted by Gasteiger charge is 2.47. The van der Waals surface area contributed by atoms with E-state index in [0.29, 0.717) is 38.3 Å². The van der Waals surface area contributed by atoms with E-state index in [1.165, 1.54) is 12.0 Å². The predicted molar refractivity (Wildman–Crippen MR) is 117 cm³/mol. The number of carboxylic acids is 1. The van der Waals surface area contributed by atoms with Gasteiger partial charge in [-0.3, -0.25) is 9.59 Å². The van der Waals surface area contributed by atoms with Crippen LogP contribution in [0.1, 0.15) is 56.2 Å². The van der Waals surface area contributed by atoms with Crippen molar-refractivity contribution in [2.45, 2.75) is 64.0 Å². The molecule has 1 saturated heterocycles. The zero-order chi connectivity index (χ0) is 22.5. The molecule has 1 aromatic heterocycles. The first-order chi connectivity index (χ1) is 15.5. The number of amides is 2. The predicted octanol–water partition coefficient (Wildman–Crippen LogP) is 2.55. The summed E-state index contributed by atoms with van der Waals surface area (Å²) in [4.78, 5) is 42.2. The van der Waals surface area contributed by atoms with Crippen molar-refractivity contribution in [3.63, 3.8) is 0 Å². The van der Waals surface area contributed by atoms with Crippen molar-refractivity contribution < 1.29 is 24.2 Å². The van der Waals surface area contributed by atoms with E-state index in [1.807, 2.05) is 6.07 Å². The number of alkyl carbamates (subject to hydrolysis) is 1. The fourth-order valence-electron chi connectivity index (χ4n) is 4.56. The number of aryl methyl sites for hydroxylation is 2. The molecule has 0 bridgehead atoms. The van der Waals surface area contributed by atoms with Gasteiger partial charge in [0, 0.05) is 25.2 Å². The fourth-order valence-corrected chi connectivity index (χ4v) is 4.56. The number of nitrogens with one attached hydrogen (secondary N) is 2. The second-order valence-corrected chi connectivity index (χ2v) is 9.00. The molecule has 1 aliphatic carbocycles. The number of carbonyl (C=O) groups excluding carboxylic acids is 2. The second-order valence-electron chi connectivity index (χ2n) is 9.00. The maximum Gasteiger partial charge on any atom is 0.408 e. The van der Waals surface area contributed by atoms with Gasteiger partial charge in [-0.15, -0.1) is 0 Å². The van der Waals surface area contributed by atoms with Crippen molar-refractivity contribution in [2.24, 2.45) is 11.8 Å². The van der Waals surface area contributed by atoms with Crippen LogP contribution in [0.5, 0.6) is 0 Å². The van der Waals surface area contributed by atoms with Crippen LogP contribution in [0.25, 0.3) is 0 Å². The first-order valence-electron chi connectivity index (χ1n) is 11.7. The van der Waals surface area contributed by atoms with Gasteiger partial charge in [0.2, 0.25) is 5.91 Å². The number of carboxylic acid groups (broad SMARTS) is 1. The zero-order valence-electron chi connectivity index (χ0n) is 18.3. The molecule has 2 unspecified atom stereocenters. The van der Waals surface area contributed by atoms with Crippen molar-refractivity contribution in [1.82, 2.24) is 15.2 Å². The van der Waals surface area contributed by atoms with Crippen molar-refractivity contribution >= 4 is 23.8 Å². The number of carbonyl (C=O) groups is 3. The topological polar surface area (TPSA) is 121 Å². The zero-order valence-corrected chi connectivity index (χ0v) is 18.3. The molecular formula is C23H32N4O5. The third-order valence-corrected chi connectivity index (χ3v) is 6.71. The summed E-state index contributed by atoms with van der Waals surface area (Å²) in [5.74, 6) is 0.0526. The van der Waals surface area contributed by atoms with Crippen LogP contribution in [0.4, 0.5) is 10.6 Å². The molecule has 2 aliphatic heterocycles. The molecule has 2 fully saturated rings. The Morgan fingerprint density at radius 3 is 2.88 bits per heavy atom. The maximum absolute atomic E-state index is 12.8. The molecule has 2 amide bonds. The Kier molecular flexibility index (Phi) is 7.12. The lowest BCUT2D eigenvalue weighted by atomic mass is 9.86. The van der Waals surface area contributed by atoms with Crippen LogP contribution < -0.4 is 10.6 Å². The average molecular weight is 445 g/mol. The van der Waals surface area contributed by atoms with Crippen LogP contribution in [-0.2, 0) is 27.2 Å². The van der Waals surface area contributed by atoms with Gasteiger partial charge in [-0.2, -0.15) is 0 Å². The van der Waals surface area contributed by atoms with Crippen molar-refractivity contribution in [3.8, 4) is 0 Å². The molecule has 3 heterocycles. The van der Waals surface area contributed by atoms with Gasteiger partial charge < -0.3 is 25.4 Å². The van der Waals surface area contributed by atoms with Crippen LogP contribution in [0, 0.1) is 11.8 Å². The highest BCUT2D eigenvalue weighted by molar-refractivity contribution is 5.87. The lowest BCUT2D eigenvalue weighted by Crippen LogP contribution is -2.68. The number of likely N-dealkylation sites (tertiary alicyclic amines) is 1. The molecule has 0 aromatic carbocycles. The fraction of sp³-hybridized carbons (Fsp3) is 0.652. The van der Waals surface area contributed by atoms with E-state index in [-0.39, 0.29) is 18.2 Å². The Hall–Kier alpha value is -2.84. The Balaban J connectivity index is 1.34. The number of β-lactam (4-membered cyclic amide) rings is 1. The summed E-state index contributed by atoms with van der Waals surface area (Å²) in [5.41, 5.74) is 2.14. The Labute approximate surface area is 187 Å². The van der Waals surface area contributed by atoms with Crippen molar-refractivity contribution in [2.75, 3.05) is 25.0 Å². The second kappa shape index (κ2) is 10.2. The standard InChI is InChI=1S/C23H32N4O5/c28-19(29)7-3-13-27-21(26-23(31)32-14-15-4-1-5-15)18(22(27)30)11-10-17-9-8-16-6-2-12-24-20(16)25-17/h8-9,15,18,21H,1-7,10-14H2,(H,24,25)(H,26,31)(H,28,29). The molecule has 4 rings (SSSR count). The van der Waals surface area contributed by atoms with E-state index < -0.39 is 18.2 Å².